The summed E-state index contributed by atoms with van der Waals surface area (Å²) in [7, 11) is 1.63. The fraction of sp³-hybridized carbons (Fsp3) is 0.316. The van der Waals surface area contributed by atoms with Crippen molar-refractivity contribution in [2.24, 2.45) is 0 Å². The summed E-state index contributed by atoms with van der Waals surface area (Å²) in [6.45, 7) is 4.45. The third-order valence-corrected chi connectivity index (χ3v) is 4.36. The standard InChI is InChI=1S/C19H23ClN2O2/c1-13(17-6-4-5-7-18(17)20)22-14(2)19(23)21-12-15-8-10-16(24-3)11-9-15/h4-11,13-14,22H,12H2,1-3H3,(H,21,23)/p+1/t13-,14+/m1/s1. The molecule has 2 atom stereocenters. The van der Waals surface area contributed by atoms with E-state index < -0.39 is 0 Å². The molecule has 0 aromatic heterocycles. The number of ether oxygens (including phenoxy) is 1. The molecule has 0 heterocycles. The largest absolute Gasteiger partial charge is 0.497 e. The lowest BCUT2D eigenvalue weighted by atomic mass is 10.1. The first-order valence-corrected chi connectivity index (χ1v) is 8.39. The number of nitrogens with two attached hydrogens (primary N) is 1. The first-order chi connectivity index (χ1) is 11.5. The Bertz CT molecular complexity index is 673. The van der Waals surface area contributed by atoms with Crippen molar-refractivity contribution in [2.45, 2.75) is 32.5 Å². The quantitative estimate of drug-likeness (QED) is 0.809. The molecule has 0 saturated carbocycles. The average Bonchev–Trinajstić information content (AvgIpc) is 2.60. The Labute approximate surface area is 148 Å². The molecule has 0 bridgehead atoms. The maximum Gasteiger partial charge on any atom is 0.278 e. The number of carbonyl (C=O) groups is 1. The molecule has 0 aliphatic heterocycles. The van der Waals surface area contributed by atoms with Crippen LogP contribution in [0.3, 0.4) is 0 Å². The van der Waals surface area contributed by atoms with Crippen LogP contribution in [-0.2, 0) is 11.3 Å². The van der Waals surface area contributed by atoms with E-state index in [0.29, 0.717) is 6.54 Å². The van der Waals surface area contributed by atoms with Crippen LogP contribution >= 0.6 is 11.6 Å². The molecule has 24 heavy (non-hydrogen) atoms. The molecule has 0 spiro atoms. The van der Waals surface area contributed by atoms with Crippen LogP contribution in [0, 0.1) is 0 Å². The third kappa shape index (κ3) is 4.98. The first kappa shape index (κ1) is 18.3. The van der Waals surface area contributed by atoms with E-state index in [1.54, 1.807) is 7.11 Å². The number of hydrogen-bond acceptors (Lipinski definition) is 2. The topological polar surface area (TPSA) is 54.9 Å². The van der Waals surface area contributed by atoms with Crippen molar-refractivity contribution in [3.05, 3.63) is 64.7 Å². The zero-order valence-corrected chi connectivity index (χ0v) is 15.0. The number of hydrogen-bond donors (Lipinski definition) is 2. The summed E-state index contributed by atoms with van der Waals surface area (Å²) in [6.07, 6.45) is 0. The predicted molar refractivity (Wildman–Crippen MR) is 96.1 cm³/mol. The second kappa shape index (κ2) is 8.71. The molecule has 0 saturated heterocycles. The molecule has 128 valence electrons. The molecule has 0 unspecified atom stereocenters. The molecule has 2 aromatic carbocycles. The molecule has 1 amide bonds. The van der Waals surface area contributed by atoms with Crippen molar-refractivity contribution >= 4 is 17.5 Å². The van der Waals surface area contributed by atoms with Crippen LogP contribution in [0.2, 0.25) is 5.02 Å². The van der Waals surface area contributed by atoms with Crippen molar-refractivity contribution in [1.29, 1.82) is 0 Å². The molecule has 3 N–H and O–H groups in total. The Balaban J connectivity index is 1.86. The van der Waals surface area contributed by atoms with Gasteiger partial charge in [-0.25, -0.2) is 0 Å². The highest BCUT2D eigenvalue weighted by molar-refractivity contribution is 6.31. The zero-order valence-electron chi connectivity index (χ0n) is 14.3. The normalized spacial score (nSPS) is 13.2. The summed E-state index contributed by atoms with van der Waals surface area (Å²) in [4.78, 5) is 12.3. The van der Waals surface area contributed by atoms with Gasteiger partial charge in [0.1, 0.15) is 11.8 Å². The average molecular weight is 348 g/mol. The van der Waals surface area contributed by atoms with Crippen LogP contribution in [-0.4, -0.2) is 19.1 Å². The lowest BCUT2D eigenvalue weighted by Crippen LogP contribution is -2.92. The lowest BCUT2D eigenvalue weighted by Gasteiger charge is -2.17. The highest BCUT2D eigenvalue weighted by Crippen LogP contribution is 2.19. The van der Waals surface area contributed by atoms with E-state index in [1.165, 1.54) is 0 Å². The molecule has 5 heteroatoms. The van der Waals surface area contributed by atoms with E-state index in [0.717, 1.165) is 21.9 Å². The maximum atomic E-state index is 12.3. The second-order valence-electron chi connectivity index (χ2n) is 5.86. The van der Waals surface area contributed by atoms with Gasteiger partial charge in [0.15, 0.2) is 6.04 Å². The molecule has 2 rings (SSSR count). The summed E-state index contributed by atoms with van der Waals surface area (Å²) in [6, 6.07) is 15.3. The Kier molecular flexibility index (Phi) is 6.64. The van der Waals surface area contributed by atoms with Gasteiger partial charge in [0, 0.05) is 17.1 Å². The smallest absolute Gasteiger partial charge is 0.278 e. The first-order valence-electron chi connectivity index (χ1n) is 8.01. The fourth-order valence-electron chi connectivity index (χ4n) is 2.56. The van der Waals surface area contributed by atoms with Gasteiger partial charge >= 0.3 is 0 Å². The number of methoxy groups -OCH3 is 1. The van der Waals surface area contributed by atoms with Gasteiger partial charge in [-0.1, -0.05) is 41.9 Å². The van der Waals surface area contributed by atoms with Gasteiger partial charge in [0.05, 0.1) is 7.11 Å². The molecule has 0 aliphatic rings. The van der Waals surface area contributed by atoms with E-state index in [4.69, 9.17) is 16.3 Å². The van der Waals surface area contributed by atoms with Crippen LogP contribution in [0.25, 0.3) is 0 Å². The van der Waals surface area contributed by atoms with Gasteiger partial charge in [-0.3, -0.25) is 4.79 Å². The van der Waals surface area contributed by atoms with Crippen LogP contribution in [0.5, 0.6) is 5.75 Å². The summed E-state index contributed by atoms with van der Waals surface area (Å²) >= 11 is 6.22. The zero-order chi connectivity index (χ0) is 17.5. The maximum absolute atomic E-state index is 12.3. The molecule has 2 aromatic rings. The third-order valence-electron chi connectivity index (χ3n) is 4.01. The number of amides is 1. The summed E-state index contributed by atoms with van der Waals surface area (Å²) in [5.74, 6) is 0.810. The monoisotopic (exact) mass is 347 g/mol. The van der Waals surface area contributed by atoms with Crippen molar-refractivity contribution in [3.63, 3.8) is 0 Å². The highest BCUT2D eigenvalue weighted by Gasteiger charge is 2.21. The number of benzene rings is 2. The fourth-order valence-corrected chi connectivity index (χ4v) is 2.87. The van der Waals surface area contributed by atoms with Crippen LogP contribution < -0.4 is 15.4 Å². The van der Waals surface area contributed by atoms with Crippen molar-refractivity contribution in [1.82, 2.24) is 5.32 Å². The van der Waals surface area contributed by atoms with Gasteiger partial charge in [0.25, 0.3) is 5.91 Å². The van der Waals surface area contributed by atoms with Crippen LogP contribution in [0.15, 0.2) is 48.5 Å². The Morgan fingerprint density at radius 1 is 1.17 bits per heavy atom. The molecular weight excluding hydrogens is 324 g/mol. The Morgan fingerprint density at radius 2 is 1.83 bits per heavy atom. The SMILES string of the molecule is COc1ccc(CNC(=O)[C@H](C)[NH2+][C@H](C)c2ccccc2Cl)cc1. The summed E-state index contributed by atoms with van der Waals surface area (Å²) in [5.41, 5.74) is 2.07. The minimum Gasteiger partial charge on any atom is -0.497 e. The second-order valence-corrected chi connectivity index (χ2v) is 6.26. The van der Waals surface area contributed by atoms with E-state index in [9.17, 15) is 4.79 Å². The van der Waals surface area contributed by atoms with Crippen molar-refractivity contribution < 1.29 is 14.8 Å². The molecule has 0 aliphatic carbocycles. The van der Waals surface area contributed by atoms with Gasteiger partial charge in [-0.15, -0.1) is 0 Å². The highest BCUT2D eigenvalue weighted by atomic mass is 35.5. The van der Waals surface area contributed by atoms with Crippen molar-refractivity contribution in [2.75, 3.05) is 7.11 Å². The minimum absolute atomic E-state index is 0.00437. The van der Waals surface area contributed by atoms with Crippen molar-refractivity contribution in [3.8, 4) is 5.75 Å². The number of carbonyl (C=O) groups excluding carboxylic acids is 1. The number of nitrogens with one attached hydrogen (secondary N) is 1. The Hall–Kier alpha value is -2.04. The summed E-state index contributed by atoms with van der Waals surface area (Å²) < 4.78 is 5.13. The van der Waals surface area contributed by atoms with Crippen LogP contribution in [0.1, 0.15) is 31.0 Å². The number of rotatable bonds is 7. The number of quaternary nitrogens is 1. The predicted octanol–water partition coefficient (Wildman–Crippen LogP) is 2.68. The molecule has 0 fully saturated rings. The molecular formula is C19H24ClN2O2+. The van der Waals surface area contributed by atoms with Crippen LogP contribution in [0.4, 0.5) is 0 Å². The van der Waals surface area contributed by atoms with E-state index >= 15 is 0 Å². The van der Waals surface area contributed by atoms with Gasteiger partial charge in [-0.05, 0) is 37.6 Å². The molecule has 0 radical (unpaired) electrons. The molecule has 4 nitrogen and oxygen atoms in total. The summed E-state index contributed by atoms with van der Waals surface area (Å²) in [5, 5.41) is 5.71. The van der Waals surface area contributed by atoms with E-state index in [2.05, 4.69) is 12.2 Å². The van der Waals surface area contributed by atoms with Gasteiger partial charge < -0.3 is 15.4 Å². The van der Waals surface area contributed by atoms with Gasteiger partial charge in [-0.2, -0.15) is 0 Å². The van der Waals surface area contributed by atoms with E-state index in [-0.39, 0.29) is 18.0 Å². The van der Waals surface area contributed by atoms with E-state index in [1.807, 2.05) is 60.8 Å². The minimum atomic E-state index is -0.200. The number of halogens is 1. The van der Waals surface area contributed by atoms with Gasteiger partial charge in [0.2, 0.25) is 0 Å². The lowest BCUT2D eigenvalue weighted by molar-refractivity contribution is -0.710. The Morgan fingerprint density at radius 3 is 2.46 bits per heavy atom.